The number of benzene rings is 1. The highest BCUT2D eigenvalue weighted by Gasteiger charge is 2.34. The van der Waals surface area contributed by atoms with Crippen LogP contribution in [-0.2, 0) is 0 Å². The number of nitrogens with zero attached hydrogens (tertiary/aromatic N) is 6. The number of aromatic amines is 1. The van der Waals surface area contributed by atoms with Gasteiger partial charge < -0.3 is 5.32 Å². The fraction of sp³-hybridized carbons (Fsp3) is 0.111. The van der Waals surface area contributed by atoms with Crippen molar-refractivity contribution in [2.45, 2.75) is 13.0 Å². The van der Waals surface area contributed by atoms with Crippen molar-refractivity contribution in [3.8, 4) is 11.3 Å². The van der Waals surface area contributed by atoms with Crippen molar-refractivity contribution in [1.29, 1.82) is 0 Å². The van der Waals surface area contributed by atoms with Crippen LogP contribution in [0.4, 0.5) is 11.6 Å². The summed E-state index contributed by atoms with van der Waals surface area (Å²) in [5.74, 6) is 0.392. The summed E-state index contributed by atoms with van der Waals surface area (Å²) in [7, 11) is 0. The maximum atomic E-state index is 12.5. The smallest absolute Gasteiger partial charge is 0.288 e. The molecule has 0 unspecified atom stereocenters. The molecule has 3 aromatic heterocycles. The molecule has 0 saturated carbocycles. The monoisotopic (exact) mass is 358 g/mol. The van der Waals surface area contributed by atoms with E-state index >= 15 is 0 Å². The first kappa shape index (κ1) is 15.4. The van der Waals surface area contributed by atoms with Crippen LogP contribution in [0.1, 0.15) is 22.7 Å². The lowest BCUT2D eigenvalue weighted by Gasteiger charge is -2.27. The molecular weight excluding hydrogens is 344 g/mol. The van der Waals surface area contributed by atoms with Crippen molar-refractivity contribution in [3.63, 3.8) is 0 Å². The van der Waals surface area contributed by atoms with E-state index in [1.807, 2.05) is 43.3 Å². The lowest BCUT2D eigenvalue weighted by molar-refractivity contribution is 0.566. The number of hydrogen-bond donors (Lipinski definition) is 2. The molecule has 9 heteroatoms. The lowest BCUT2D eigenvalue weighted by Crippen LogP contribution is -2.29. The summed E-state index contributed by atoms with van der Waals surface area (Å²) in [6.07, 6.45) is 3.44. The molecule has 0 radical (unpaired) electrons. The number of aromatic nitrogens is 7. The van der Waals surface area contributed by atoms with E-state index < -0.39 is 6.04 Å². The summed E-state index contributed by atoms with van der Waals surface area (Å²) in [6.45, 7) is 2.02. The normalized spacial score (nSPS) is 14.9. The van der Waals surface area contributed by atoms with Gasteiger partial charge >= 0.3 is 0 Å². The average molecular weight is 358 g/mol. The summed E-state index contributed by atoms with van der Waals surface area (Å²) >= 11 is 0. The second-order valence-electron chi connectivity index (χ2n) is 6.32. The Morgan fingerprint density at radius 3 is 2.78 bits per heavy atom. The lowest BCUT2D eigenvalue weighted by atomic mass is 9.93. The number of H-pyrrole nitrogens is 1. The van der Waals surface area contributed by atoms with Gasteiger partial charge in [-0.25, -0.2) is 5.10 Å². The van der Waals surface area contributed by atoms with Crippen LogP contribution in [0.5, 0.6) is 0 Å². The molecule has 9 nitrogen and oxygen atoms in total. The summed E-state index contributed by atoms with van der Waals surface area (Å²) in [5, 5.41) is 21.8. The van der Waals surface area contributed by atoms with E-state index in [-0.39, 0.29) is 5.56 Å². The maximum Gasteiger partial charge on any atom is 0.288 e. The van der Waals surface area contributed by atoms with Gasteiger partial charge in [0.05, 0.1) is 5.69 Å². The third kappa shape index (κ3) is 2.40. The zero-order chi connectivity index (χ0) is 18.4. The van der Waals surface area contributed by atoms with Gasteiger partial charge in [-0.1, -0.05) is 41.0 Å². The first-order chi connectivity index (χ1) is 13.2. The molecule has 4 heterocycles. The van der Waals surface area contributed by atoms with Crippen LogP contribution in [0.25, 0.3) is 11.3 Å². The molecule has 0 amide bonds. The Balaban J connectivity index is 1.82. The predicted octanol–water partition coefficient (Wildman–Crippen LogP) is 1.82. The number of rotatable bonds is 2. The molecule has 27 heavy (non-hydrogen) atoms. The molecule has 1 aromatic carbocycles. The quantitative estimate of drug-likeness (QED) is 0.495. The van der Waals surface area contributed by atoms with Crippen molar-refractivity contribution in [2.75, 3.05) is 5.32 Å². The third-order valence-electron chi connectivity index (χ3n) is 4.59. The van der Waals surface area contributed by atoms with Crippen LogP contribution in [0.15, 0.2) is 53.6 Å². The number of fused-ring (bicyclic) bond motifs is 2. The van der Waals surface area contributed by atoms with E-state index in [9.17, 15) is 4.79 Å². The Morgan fingerprint density at radius 2 is 2.00 bits per heavy atom. The molecule has 5 rings (SSSR count). The summed E-state index contributed by atoms with van der Waals surface area (Å²) in [5.41, 5.74) is 4.31. The minimum atomic E-state index is -0.425. The number of nitrogens with one attached hydrogen (secondary N) is 2. The maximum absolute atomic E-state index is 12.5. The molecule has 1 aliphatic heterocycles. The van der Waals surface area contributed by atoms with Crippen molar-refractivity contribution >= 4 is 11.6 Å². The molecule has 4 aromatic rings. The molecule has 0 spiro atoms. The fourth-order valence-corrected chi connectivity index (χ4v) is 3.31. The van der Waals surface area contributed by atoms with E-state index in [1.165, 1.54) is 0 Å². The van der Waals surface area contributed by atoms with Gasteiger partial charge in [-0.15, -0.1) is 0 Å². The zero-order valence-corrected chi connectivity index (χ0v) is 14.3. The summed E-state index contributed by atoms with van der Waals surface area (Å²) in [6, 6.07) is 11.3. The molecule has 2 N–H and O–H groups in total. The topological polar surface area (TPSA) is 114 Å². The molecule has 0 saturated heterocycles. The molecular formula is C18H14N8O. The second-order valence-corrected chi connectivity index (χ2v) is 6.32. The number of tetrazole rings is 1. The van der Waals surface area contributed by atoms with Crippen LogP contribution in [0, 0.1) is 6.92 Å². The molecule has 1 aliphatic rings. The van der Waals surface area contributed by atoms with Crippen molar-refractivity contribution in [2.24, 2.45) is 0 Å². The molecule has 0 bridgehead atoms. The summed E-state index contributed by atoms with van der Waals surface area (Å²) < 4.78 is 1.64. The van der Waals surface area contributed by atoms with E-state index in [2.05, 4.69) is 36.0 Å². The standard InChI is InChI=1S/C18H14N8O/c1-10-4-6-11(7-5-10)14-13-15(17(27)22-21-14)20-18-23-24-25-26(18)16(13)12-3-2-8-19-9-12/h2-9,16H,1H3,(H,22,27)(H,20,23,25)/t16-/m1/s1. The van der Waals surface area contributed by atoms with Gasteiger partial charge in [0.2, 0.25) is 5.95 Å². The minimum Gasteiger partial charge on any atom is -0.318 e. The predicted molar refractivity (Wildman–Crippen MR) is 97.6 cm³/mol. The van der Waals surface area contributed by atoms with Gasteiger partial charge in [0.25, 0.3) is 5.56 Å². The molecule has 132 valence electrons. The Morgan fingerprint density at radius 1 is 1.15 bits per heavy atom. The SMILES string of the molecule is Cc1ccc(-c2n[nH]c(=O)c3c2[C@@H](c2cccnc2)n2nnnc2N3)cc1. The zero-order valence-electron chi connectivity index (χ0n) is 14.3. The molecule has 0 fully saturated rings. The highest BCUT2D eigenvalue weighted by molar-refractivity contribution is 5.75. The van der Waals surface area contributed by atoms with E-state index in [1.54, 1.807) is 17.1 Å². The highest BCUT2D eigenvalue weighted by atomic mass is 16.1. The van der Waals surface area contributed by atoms with Gasteiger partial charge in [0.1, 0.15) is 11.7 Å². The molecule has 1 atom stereocenters. The Bertz CT molecular complexity index is 1180. The Hall–Kier alpha value is -3.88. The first-order valence-corrected chi connectivity index (χ1v) is 8.37. The van der Waals surface area contributed by atoms with Crippen molar-refractivity contribution in [3.05, 3.63) is 75.8 Å². The minimum absolute atomic E-state index is 0.330. The molecule has 0 aliphatic carbocycles. The van der Waals surface area contributed by atoms with Gasteiger partial charge in [-0.05, 0) is 29.0 Å². The van der Waals surface area contributed by atoms with E-state index in [4.69, 9.17) is 0 Å². The van der Waals surface area contributed by atoms with Crippen LogP contribution in [0.2, 0.25) is 0 Å². The van der Waals surface area contributed by atoms with Gasteiger partial charge in [-0.3, -0.25) is 9.78 Å². The van der Waals surface area contributed by atoms with E-state index in [0.717, 1.165) is 16.7 Å². The summed E-state index contributed by atoms with van der Waals surface area (Å²) in [4.78, 5) is 16.8. The highest BCUT2D eigenvalue weighted by Crippen LogP contribution is 2.40. The largest absolute Gasteiger partial charge is 0.318 e. The van der Waals surface area contributed by atoms with Crippen LogP contribution < -0.4 is 10.9 Å². The second kappa shape index (κ2) is 5.84. The average Bonchev–Trinajstić information content (AvgIpc) is 3.17. The van der Waals surface area contributed by atoms with Gasteiger partial charge in [-0.2, -0.15) is 9.78 Å². The number of hydrogen-bond acceptors (Lipinski definition) is 7. The first-order valence-electron chi connectivity index (χ1n) is 8.37. The Labute approximate surface area is 153 Å². The van der Waals surface area contributed by atoms with Crippen molar-refractivity contribution in [1.82, 2.24) is 35.4 Å². The third-order valence-corrected chi connectivity index (χ3v) is 4.59. The number of anilines is 2. The Kier molecular flexibility index (Phi) is 3.32. The van der Waals surface area contributed by atoms with Gasteiger partial charge in [0.15, 0.2) is 0 Å². The number of aryl methyl sites for hydroxylation is 1. The fourth-order valence-electron chi connectivity index (χ4n) is 3.31. The van der Waals surface area contributed by atoms with Crippen LogP contribution in [0.3, 0.4) is 0 Å². The van der Waals surface area contributed by atoms with E-state index in [0.29, 0.717) is 22.9 Å². The van der Waals surface area contributed by atoms with Crippen molar-refractivity contribution < 1.29 is 0 Å². The number of pyridine rings is 1. The van der Waals surface area contributed by atoms with Crippen LogP contribution >= 0.6 is 0 Å². The van der Waals surface area contributed by atoms with Gasteiger partial charge in [0, 0.05) is 23.5 Å². The van der Waals surface area contributed by atoms with Crippen LogP contribution in [-0.4, -0.2) is 35.4 Å².